The van der Waals surface area contributed by atoms with E-state index in [1.165, 1.54) is 11.8 Å². The Balaban J connectivity index is 1.47. The summed E-state index contributed by atoms with van der Waals surface area (Å²) >= 11 is 1.44. The van der Waals surface area contributed by atoms with Crippen LogP contribution in [0.4, 0.5) is 5.69 Å². The molecule has 29 heavy (non-hydrogen) atoms. The second kappa shape index (κ2) is 10.3. The zero-order valence-electron chi connectivity index (χ0n) is 16.0. The number of Topliss-reactive ketones (excluding diaryl/α,β-unsaturated/α-hetero) is 1. The van der Waals surface area contributed by atoms with Gasteiger partial charge in [-0.3, -0.25) is 9.59 Å². The van der Waals surface area contributed by atoms with Gasteiger partial charge in [0.2, 0.25) is 0 Å². The SMILES string of the molecule is COc1cccc(C(=O)CSc2ccc(NC(=O)COc3ccccc3)cc2)c1. The van der Waals surface area contributed by atoms with Crippen LogP contribution in [0.2, 0.25) is 0 Å². The highest BCUT2D eigenvalue weighted by molar-refractivity contribution is 8.00. The van der Waals surface area contributed by atoms with E-state index in [0.717, 1.165) is 4.90 Å². The number of amides is 1. The molecule has 0 aliphatic rings. The van der Waals surface area contributed by atoms with Gasteiger partial charge < -0.3 is 14.8 Å². The normalized spacial score (nSPS) is 10.2. The number of anilines is 1. The van der Waals surface area contributed by atoms with Gasteiger partial charge in [0.25, 0.3) is 5.91 Å². The highest BCUT2D eigenvalue weighted by Crippen LogP contribution is 2.22. The van der Waals surface area contributed by atoms with Gasteiger partial charge in [-0.05, 0) is 48.5 Å². The van der Waals surface area contributed by atoms with Crippen LogP contribution in [0, 0.1) is 0 Å². The summed E-state index contributed by atoms with van der Waals surface area (Å²) in [6, 6.07) is 23.7. The van der Waals surface area contributed by atoms with Crippen LogP contribution in [-0.4, -0.2) is 31.2 Å². The minimum absolute atomic E-state index is 0.0318. The number of ether oxygens (including phenoxy) is 2. The summed E-state index contributed by atoms with van der Waals surface area (Å²) in [5, 5.41) is 2.79. The van der Waals surface area contributed by atoms with Gasteiger partial charge in [0.15, 0.2) is 12.4 Å². The molecule has 3 aromatic carbocycles. The highest BCUT2D eigenvalue weighted by atomic mass is 32.2. The zero-order valence-corrected chi connectivity index (χ0v) is 16.8. The van der Waals surface area contributed by atoms with Crippen LogP contribution in [0.3, 0.4) is 0 Å². The summed E-state index contributed by atoms with van der Waals surface area (Å²) in [7, 11) is 1.58. The predicted molar refractivity (Wildman–Crippen MR) is 115 cm³/mol. The van der Waals surface area contributed by atoms with Crippen molar-refractivity contribution in [2.24, 2.45) is 0 Å². The Hall–Kier alpha value is -3.25. The van der Waals surface area contributed by atoms with E-state index in [1.807, 2.05) is 36.4 Å². The maximum Gasteiger partial charge on any atom is 0.262 e. The first kappa shape index (κ1) is 20.5. The van der Waals surface area contributed by atoms with Gasteiger partial charge in [0.05, 0.1) is 12.9 Å². The minimum Gasteiger partial charge on any atom is -0.497 e. The first-order valence-electron chi connectivity index (χ1n) is 9.02. The number of thioether (sulfide) groups is 1. The summed E-state index contributed by atoms with van der Waals surface area (Å²) < 4.78 is 10.6. The van der Waals surface area contributed by atoms with E-state index < -0.39 is 0 Å². The fourth-order valence-electron chi connectivity index (χ4n) is 2.53. The predicted octanol–water partition coefficient (Wildman–Crippen LogP) is 4.69. The van der Waals surface area contributed by atoms with Gasteiger partial charge in [-0.15, -0.1) is 11.8 Å². The molecule has 0 bridgehead atoms. The van der Waals surface area contributed by atoms with E-state index in [4.69, 9.17) is 9.47 Å². The van der Waals surface area contributed by atoms with E-state index in [-0.39, 0.29) is 18.3 Å². The molecule has 0 aliphatic carbocycles. The number of hydrogen-bond donors (Lipinski definition) is 1. The highest BCUT2D eigenvalue weighted by Gasteiger charge is 2.08. The molecule has 3 rings (SSSR count). The molecule has 0 fully saturated rings. The van der Waals surface area contributed by atoms with Crippen LogP contribution < -0.4 is 14.8 Å². The van der Waals surface area contributed by atoms with Crippen molar-refractivity contribution >= 4 is 29.1 Å². The Morgan fingerprint density at radius 1 is 0.897 bits per heavy atom. The number of carbonyl (C=O) groups excluding carboxylic acids is 2. The number of benzene rings is 3. The Morgan fingerprint density at radius 2 is 1.62 bits per heavy atom. The van der Waals surface area contributed by atoms with Crippen molar-refractivity contribution in [1.82, 2.24) is 0 Å². The number of para-hydroxylation sites is 1. The van der Waals surface area contributed by atoms with Gasteiger partial charge >= 0.3 is 0 Å². The Morgan fingerprint density at radius 3 is 2.34 bits per heavy atom. The van der Waals surface area contributed by atoms with E-state index in [0.29, 0.717) is 28.5 Å². The largest absolute Gasteiger partial charge is 0.497 e. The second-order valence-electron chi connectivity index (χ2n) is 6.12. The second-order valence-corrected chi connectivity index (χ2v) is 7.17. The van der Waals surface area contributed by atoms with Crippen LogP contribution in [0.1, 0.15) is 10.4 Å². The van der Waals surface area contributed by atoms with Crippen LogP contribution in [0.15, 0.2) is 83.8 Å². The number of ketones is 1. The lowest BCUT2D eigenvalue weighted by Crippen LogP contribution is -2.20. The van der Waals surface area contributed by atoms with Crippen molar-refractivity contribution in [2.75, 3.05) is 24.8 Å². The minimum atomic E-state index is -0.234. The van der Waals surface area contributed by atoms with Crippen molar-refractivity contribution in [1.29, 1.82) is 0 Å². The molecule has 0 saturated carbocycles. The molecule has 6 heteroatoms. The van der Waals surface area contributed by atoms with Crippen LogP contribution in [0.5, 0.6) is 11.5 Å². The topological polar surface area (TPSA) is 64.6 Å². The van der Waals surface area contributed by atoms with Crippen molar-refractivity contribution in [3.63, 3.8) is 0 Å². The van der Waals surface area contributed by atoms with Gasteiger partial charge in [-0.25, -0.2) is 0 Å². The average Bonchev–Trinajstić information content (AvgIpc) is 2.77. The van der Waals surface area contributed by atoms with Crippen molar-refractivity contribution < 1.29 is 19.1 Å². The molecule has 3 aromatic rings. The molecule has 1 amide bonds. The molecular weight excluding hydrogens is 386 g/mol. The van der Waals surface area contributed by atoms with Crippen molar-refractivity contribution in [3.05, 3.63) is 84.4 Å². The molecule has 0 aromatic heterocycles. The molecule has 0 saturated heterocycles. The molecule has 5 nitrogen and oxygen atoms in total. The zero-order chi connectivity index (χ0) is 20.5. The molecule has 0 atom stereocenters. The average molecular weight is 407 g/mol. The van der Waals surface area contributed by atoms with Gasteiger partial charge in [0.1, 0.15) is 11.5 Å². The molecule has 0 radical (unpaired) electrons. The maximum atomic E-state index is 12.3. The summed E-state index contributed by atoms with van der Waals surface area (Å²) in [4.78, 5) is 25.3. The van der Waals surface area contributed by atoms with Crippen LogP contribution in [-0.2, 0) is 4.79 Å². The van der Waals surface area contributed by atoms with Crippen molar-refractivity contribution in [3.8, 4) is 11.5 Å². The molecule has 148 valence electrons. The van der Waals surface area contributed by atoms with Gasteiger partial charge in [0, 0.05) is 16.1 Å². The molecule has 0 heterocycles. The molecular formula is C23H21NO4S. The van der Waals surface area contributed by atoms with Gasteiger partial charge in [-0.1, -0.05) is 30.3 Å². The summed E-state index contributed by atoms with van der Waals surface area (Å²) in [6.07, 6.45) is 0. The maximum absolute atomic E-state index is 12.3. The number of hydrogen-bond acceptors (Lipinski definition) is 5. The number of rotatable bonds is 9. The third-order valence-electron chi connectivity index (χ3n) is 4.01. The fourth-order valence-corrected chi connectivity index (χ4v) is 3.32. The van der Waals surface area contributed by atoms with Crippen LogP contribution in [0.25, 0.3) is 0 Å². The fraction of sp³-hybridized carbons (Fsp3) is 0.130. The monoisotopic (exact) mass is 407 g/mol. The number of carbonyl (C=O) groups is 2. The summed E-state index contributed by atoms with van der Waals surface area (Å²) in [5.41, 5.74) is 1.30. The third-order valence-corrected chi connectivity index (χ3v) is 5.02. The lowest BCUT2D eigenvalue weighted by molar-refractivity contribution is -0.118. The first-order valence-corrected chi connectivity index (χ1v) is 10.0. The molecule has 0 unspecified atom stereocenters. The Labute approximate surface area is 174 Å². The van der Waals surface area contributed by atoms with E-state index >= 15 is 0 Å². The Kier molecular flexibility index (Phi) is 7.30. The molecule has 0 spiro atoms. The van der Waals surface area contributed by atoms with E-state index in [2.05, 4.69) is 5.32 Å². The van der Waals surface area contributed by atoms with E-state index in [9.17, 15) is 9.59 Å². The third kappa shape index (κ3) is 6.40. The van der Waals surface area contributed by atoms with Gasteiger partial charge in [-0.2, -0.15) is 0 Å². The number of nitrogens with one attached hydrogen (secondary N) is 1. The Bertz CT molecular complexity index is 958. The molecule has 0 aliphatic heterocycles. The quantitative estimate of drug-likeness (QED) is 0.412. The number of methoxy groups -OCH3 is 1. The standard InChI is InChI=1S/C23H21NO4S/c1-27-20-9-5-6-17(14-20)22(25)16-29-21-12-10-18(11-13-21)24-23(26)15-28-19-7-3-2-4-8-19/h2-14H,15-16H2,1H3,(H,24,26). The van der Waals surface area contributed by atoms with Crippen molar-refractivity contribution in [2.45, 2.75) is 4.90 Å². The lowest BCUT2D eigenvalue weighted by atomic mass is 10.1. The van der Waals surface area contributed by atoms with Crippen LogP contribution >= 0.6 is 11.8 Å². The summed E-state index contributed by atoms with van der Waals surface area (Å²) in [5.74, 6) is 1.43. The van der Waals surface area contributed by atoms with E-state index in [1.54, 1.807) is 49.6 Å². The molecule has 1 N–H and O–H groups in total. The first-order chi connectivity index (χ1) is 14.1. The lowest BCUT2D eigenvalue weighted by Gasteiger charge is -2.08. The smallest absolute Gasteiger partial charge is 0.262 e. The summed E-state index contributed by atoms with van der Waals surface area (Å²) in [6.45, 7) is -0.0600.